The normalized spacial score (nSPS) is 11.7. The molecule has 1 atom stereocenters. The molecule has 2 aromatic rings. The number of nitrogens with one attached hydrogen (secondary N) is 1. The number of halogens is 1. The maximum Gasteiger partial charge on any atom is 0.330 e. The van der Waals surface area contributed by atoms with Gasteiger partial charge in [0.15, 0.2) is 6.04 Å². The lowest BCUT2D eigenvalue weighted by atomic mass is 10.1. The Morgan fingerprint density at radius 3 is 2.55 bits per heavy atom. The Morgan fingerprint density at radius 1 is 1.25 bits per heavy atom. The molecule has 0 saturated heterocycles. The second-order valence-electron chi connectivity index (χ2n) is 4.17. The van der Waals surface area contributed by atoms with Crippen LogP contribution in [0.15, 0.2) is 53.0 Å². The molecule has 2 rings (SSSR count). The Morgan fingerprint density at radius 2 is 1.95 bits per heavy atom. The van der Waals surface area contributed by atoms with Crippen LogP contribution in [0.3, 0.4) is 0 Å². The van der Waals surface area contributed by atoms with Crippen LogP contribution in [0.2, 0.25) is 0 Å². The van der Waals surface area contributed by atoms with Crippen LogP contribution < -0.4 is 10.1 Å². The van der Waals surface area contributed by atoms with Gasteiger partial charge in [-0.3, -0.25) is 0 Å². The summed E-state index contributed by atoms with van der Waals surface area (Å²) in [7, 11) is 1.57. The molecule has 5 heteroatoms. The molecule has 0 fully saturated rings. The van der Waals surface area contributed by atoms with Crippen LogP contribution in [0.25, 0.3) is 0 Å². The van der Waals surface area contributed by atoms with E-state index >= 15 is 0 Å². The van der Waals surface area contributed by atoms with E-state index in [4.69, 9.17) is 4.74 Å². The summed E-state index contributed by atoms with van der Waals surface area (Å²) in [6, 6.07) is 13.6. The van der Waals surface area contributed by atoms with Crippen molar-refractivity contribution in [2.24, 2.45) is 0 Å². The Bertz CT molecular complexity index is 601. The van der Waals surface area contributed by atoms with Gasteiger partial charge in [0.05, 0.1) is 12.8 Å². The second-order valence-corrected chi connectivity index (χ2v) is 5.03. The molecule has 1 unspecified atom stereocenters. The quantitative estimate of drug-likeness (QED) is 0.874. The molecule has 2 aromatic carbocycles. The highest BCUT2D eigenvalue weighted by atomic mass is 79.9. The zero-order valence-corrected chi connectivity index (χ0v) is 12.4. The van der Waals surface area contributed by atoms with Crippen molar-refractivity contribution in [3.8, 4) is 5.75 Å². The van der Waals surface area contributed by atoms with Crippen molar-refractivity contribution in [1.29, 1.82) is 0 Å². The minimum absolute atomic E-state index is 0.660. The lowest BCUT2D eigenvalue weighted by Gasteiger charge is -2.17. The van der Waals surface area contributed by atoms with Crippen molar-refractivity contribution in [2.45, 2.75) is 6.04 Å². The highest BCUT2D eigenvalue weighted by Crippen LogP contribution is 2.30. The Labute approximate surface area is 125 Å². The average Bonchev–Trinajstić information content (AvgIpc) is 2.47. The molecule has 0 aliphatic carbocycles. The van der Waals surface area contributed by atoms with E-state index in [2.05, 4.69) is 21.2 Å². The van der Waals surface area contributed by atoms with E-state index in [9.17, 15) is 9.90 Å². The molecule has 2 N–H and O–H groups in total. The molecule has 0 aromatic heterocycles. The number of methoxy groups -OCH3 is 1. The maximum absolute atomic E-state index is 11.5. The van der Waals surface area contributed by atoms with Gasteiger partial charge in [0.1, 0.15) is 5.75 Å². The van der Waals surface area contributed by atoms with Crippen LogP contribution >= 0.6 is 15.9 Å². The van der Waals surface area contributed by atoms with E-state index in [0.717, 1.165) is 4.47 Å². The lowest BCUT2D eigenvalue weighted by molar-refractivity contribution is -0.138. The largest absolute Gasteiger partial charge is 0.497 e. The smallest absolute Gasteiger partial charge is 0.330 e. The fraction of sp³-hybridized carbons (Fsp3) is 0.133. The SMILES string of the molecule is COc1ccc(Br)c(NC(C(=O)O)c2ccccc2)c1. The number of aliphatic carboxylic acids is 1. The van der Waals surface area contributed by atoms with Crippen molar-refractivity contribution in [3.05, 3.63) is 58.6 Å². The first-order valence-corrected chi connectivity index (χ1v) is 6.79. The summed E-state index contributed by atoms with van der Waals surface area (Å²) in [5, 5.41) is 12.4. The number of ether oxygens (including phenoxy) is 1. The van der Waals surface area contributed by atoms with Gasteiger partial charge in [-0.05, 0) is 33.6 Å². The highest BCUT2D eigenvalue weighted by Gasteiger charge is 2.20. The van der Waals surface area contributed by atoms with Crippen molar-refractivity contribution in [2.75, 3.05) is 12.4 Å². The summed E-state index contributed by atoms with van der Waals surface area (Å²) in [4.78, 5) is 11.5. The molecule has 0 amide bonds. The molecule has 0 bridgehead atoms. The van der Waals surface area contributed by atoms with Crippen LogP contribution in [0.1, 0.15) is 11.6 Å². The van der Waals surface area contributed by atoms with Gasteiger partial charge in [0.2, 0.25) is 0 Å². The molecule has 0 saturated carbocycles. The average molecular weight is 336 g/mol. The van der Waals surface area contributed by atoms with Crippen molar-refractivity contribution in [1.82, 2.24) is 0 Å². The summed E-state index contributed by atoms with van der Waals surface area (Å²) in [5.74, 6) is -0.279. The highest BCUT2D eigenvalue weighted by molar-refractivity contribution is 9.10. The third kappa shape index (κ3) is 3.30. The number of benzene rings is 2. The van der Waals surface area contributed by atoms with Gasteiger partial charge in [0, 0.05) is 10.5 Å². The van der Waals surface area contributed by atoms with E-state index in [1.807, 2.05) is 24.3 Å². The van der Waals surface area contributed by atoms with E-state index in [0.29, 0.717) is 17.0 Å². The third-order valence-corrected chi connectivity index (χ3v) is 3.54. The summed E-state index contributed by atoms with van der Waals surface area (Å²) in [6.07, 6.45) is 0. The summed E-state index contributed by atoms with van der Waals surface area (Å²) in [5.41, 5.74) is 1.36. The summed E-state index contributed by atoms with van der Waals surface area (Å²) >= 11 is 3.40. The van der Waals surface area contributed by atoms with Gasteiger partial charge in [0.25, 0.3) is 0 Å². The first-order chi connectivity index (χ1) is 9.61. The molecule has 104 valence electrons. The molecule has 0 aliphatic rings. The van der Waals surface area contributed by atoms with Gasteiger partial charge in [-0.25, -0.2) is 4.79 Å². The summed E-state index contributed by atoms with van der Waals surface area (Å²) < 4.78 is 5.93. The molecule has 0 heterocycles. The lowest BCUT2D eigenvalue weighted by Crippen LogP contribution is -2.20. The standard InChI is InChI=1S/C15H14BrNO3/c1-20-11-7-8-12(16)13(9-11)17-14(15(18)19)10-5-3-2-4-6-10/h2-9,14,17H,1H3,(H,18,19). The van der Waals surface area contributed by atoms with Crippen molar-refractivity contribution >= 4 is 27.6 Å². The zero-order chi connectivity index (χ0) is 14.5. The number of hydrogen-bond acceptors (Lipinski definition) is 3. The Kier molecular flexibility index (Phi) is 4.63. The van der Waals surface area contributed by atoms with Crippen molar-refractivity contribution in [3.63, 3.8) is 0 Å². The van der Waals surface area contributed by atoms with E-state index < -0.39 is 12.0 Å². The van der Waals surface area contributed by atoms with Crippen LogP contribution in [0, 0.1) is 0 Å². The molecule has 0 aliphatic heterocycles. The molecule has 0 radical (unpaired) electrons. The molecular weight excluding hydrogens is 322 g/mol. The molecular formula is C15H14BrNO3. The van der Waals surface area contributed by atoms with Crippen LogP contribution in [-0.2, 0) is 4.79 Å². The maximum atomic E-state index is 11.5. The minimum Gasteiger partial charge on any atom is -0.497 e. The van der Waals surface area contributed by atoms with Gasteiger partial charge in [-0.2, -0.15) is 0 Å². The van der Waals surface area contributed by atoms with Gasteiger partial charge < -0.3 is 15.2 Å². The fourth-order valence-corrected chi connectivity index (χ4v) is 2.19. The number of carbonyl (C=O) groups is 1. The minimum atomic E-state index is -0.939. The predicted octanol–water partition coefficient (Wildman–Crippen LogP) is 3.70. The predicted molar refractivity (Wildman–Crippen MR) is 81.1 cm³/mol. The van der Waals surface area contributed by atoms with E-state index in [-0.39, 0.29) is 0 Å². The van der Waals surface area contributed by atoms with Gasteiger partial charge >= 0.3 is 5.97 Å². The first kappa shape index (κ1) is 14.4. The number of hydrogen-bond donors (Lipinski definition) is 2. The fourth-order valence-electron chi connectivity index (χ4n) is 1.83. The number of carboxylic acids is 1. The topological polar surface area (TPSA) is 58.6 Å². The van der Waals surface area contributed by atoms with Gasteiger partial charge in [-0.15, -0.1) is 0 Å². The van der Waals surface area contributed by atoms with Crippen LogP contribution in [0.4, 0.5) is 5.69 Å². The third-order valence-electron chi connectivity index (χ3n) is 2.85. The first-order valence-electron chi connectivity index (χ1n) is 5.99. The summed E-state index contributed by atoms with van der Waals surface area (Å²) in [6.45, 7) is 0. The van der Waals surface area contributed by atoms with E-state index in [1.54, 1.807) is 31.4 Å². The second kappa shape index (κ2) is 6.43. The monoisotopic (exact) mass is 335 g/mol. The number of rotatable bonds is 5. The molecule has 20 heavy (non-hydrogen) atoms. The van der Waals surface area contributed by atoms with Crippen LogP contribution in [-0.4, -0.2) is 18.2 Å². The van der Waals surface area contributed by atoms with Gasteiger partial charge in [-0.1, -0.05) is 30.3 Å². The van der Waals surface area contributed by atoms with Crippen molar-refractivity contribution < 1.29 is 14.6 Å². The number of carboxylic acid groups (broad SMARTS) is 1. The number of anilines is 1. The van der Waals surface area contributed by atoms with Crippen LogP contribution in [0.5, 0.6) is 5.75 Å². The zero-order valence-electron chi connectivity index (χ0n) is 10.8. The molecule has 0 spiro atoms. The van der Waals surface area contributed by atoms with E-state index in [1.165, 1.54) is 0 Å². The Balaban J connectivity index is 2.32. The molecule has 4 nitrogen and oxygen atoms in total. The Hall–Kier alpha value is -2.01.